The summed E-state index contributed by atoms with van der Waals surface area (Å²) in [6, 6.07) is 5.49. The SMILES string of the molecule is Cc1nccc(C(=O)Nc2ccc(N(S(C)(=O)=O)S(C)(=O)=O)c(Br)c2)n1. The zero-order valence-corrected chi connectivity index (χ0v) is 17.2. The molecule has 0 atom stereocenters. The van der Waals surface area contributed by atoms with E-state index < -0.39 is 26.0 Å². The first-order chi connectivity index (χ1) is 11.9. The highest BCUT2D eigenvalue weighted by molar-refractivity contribution is 9.10. The van der Waals surface area contributed by atoms with E-state index in [-0.39, 0.29) is 15.9 Å². The fourth-order valence-corrected chi connectivity index (χ4v) is 5.91. The first-order valence-corrected chi connectivity index (χ1v) is 11.5. The largest absolute Gasteiger partial charge is 0.321 e. The molecule has 0 aliphatic rings. The van der Waals surface area contributed by atoms with Crippen LogP contribution in [0, 0.1) is 6.92 Å². The van der Waals surface area contributed by atoms with E-state index in [1.807, 2.05) is 0 Å². The van der Waals surface area contributed by atoms with Crippen molar-refractivity contribution in [1.82, 2.24) is 9.97 Å². The molecular formula is C14H15BrN4O5S2. The smallest absolute Gasteiger partial charge is 0.274 e. The Morgan fingerprint density at radius 2 is 1.73 bits per heavy atom. The average Bonchev–Trinajstić information content (AvgIpc) is 2.47. The predicted octanol–water partition coefficient (Wildman–Crippen LogP) is 1.53. The maximum atomic E-state index is 12.2. The maximum absolute atomic E-state index is 12.2. The minimum absolute atomic E-state index is 0.0918. The molecule has 1 N–H and O–H groups in total. The molecule has 1 heterocycles. The predicted molar refractivity (Wildman–Crippen MR) is 101 cm³/mol. The molecule has 1 aromatic carbocycles. The Balaban J connectivity index is 2.36. The quantitative estimate of drug-likeness (QED) is 0.713. The number of carbonyl (C=O) groups excluding carboxylic acids is 1. The standard InChI is InChI=1S/C14H15BrN4O5S2/c1-9-16-7-6-12(17-9)14(20)18-10-4-5-13(11(15)8-10)19(25(2,21)22)26(3,23)24/h4-8H,1-3H3,(H,18,20). The molecule has 9 nitrogen and oxygen atoms in total. The van der Waals surface area contributed by atoms with Crippen molar-refractivity contribution in [3.8, 4) is 0 Å². The van der Waals surface area contributed by atoms with E-state index in [0.29, 0.717) is 15.2 Å². The Kier molecular flexibility index (Phi) is 5.68. The summed E-state index contributed by atoms with van der Waals surface area (Å²) < 4.78 is 47.9. The van der Waals surface area contributed by atoms with Gasteiger partial charge in [-0.25, -0.2) is 26.8 Å². The maximum Gasteiger partial charge on any atom is 0.274 e. The molecule has 12 heteroatoms. The van der Waals surface area contributed by atoms with Crippen LogP contribution in [0.1, 0.15) is 16.3 Å². The molecule has 2 aromatic rings. The van der Waals surface area contributed by atoms with E-state index >= 15 is 0 Å². The molecule has 0 bridgehead atoms. The van der Waals surface area contributed by atoms with E-state index in [0.717, 1.165) is 12.5 Å². The molecule has 1 aromatic heterocycles. The lowest BCUT2D eigenvalue weighted by molar-refractivity contribution is 0.102. The number of anilines is 2. The van der Waals surface area contributed by atoms with Crippen molar-refractivity contribution in [3.05, 3.63) is 46.5 Å². The van der Waals surface area contributed by atoms with Crippen LogP contribution in [0.5, 0.6) is 0 Å². The second kappa shape index (κ2) is 7.29. The van der Waals surface area contributed by atoms with Gasteiger partial charge in [0.25, 0.3) is 5.91 Å². The van der Waals surface area contributed by atoms with Gasteiger partial charge in [0, 0.05) is 16.4 Å². The molecule has 26 heavy (non-hydrogen) atoms. The highest BCUT2D eigenvalue weighted by atomic mass is 79.9. The third-order valence-corrected chi connectivity index (χ3v) is 6.87. The summed E-state index contributed by atoms with van der Waals surface area (Å²) in [6.45, 7) is 1.65. The Labute approximate surface area is 159 Å². The molecule has 1 amide bonds. The number of hydrogen-bond acceptors (Lipinski definition) is 7. The van der Waals surface area contributed by atoms with Crippen LogP contribution in [0.3, 0.4) is 0 Å². The number of amides is 1. The van der Waals surface area contributed by atoms with Gasteiger partial charge in [-0.2, -0.15) is 3.71 Å². The summed E-state index contributed by atoms with van der Waals surface area (Å²) in [7, 11) is -8.14. The van der Waals surface area contributed by atoms with E-state index in [9.17, 15) is 21.6 Å². The number of carbonyl (C=O) groups is 1. The van der Waals surface area contributed by atoms with Crippen LogP contribution in [0.2, 0.25) is 0 Å². The normalized spacial score (nSPS) is 11.8. The van der Waals surface area contributed by atoms with E-state index in [1.54, 1.807) is 6.92 Å². The number of benzene rings is 1. The molecule has 0 aliphatic carbocycles. The molecule has 0 saturated heterocycles. The topological polar surface area (TPSA) is 126 Å². The van der Waals surface area contributed by atoms with E-state index in [2.05, 4.69) is 31.2 Å². The summed E-state index contributed by atoms with van der Waals surface area (Å²) in [5.41, 5.74) is 0.390. The molecule has 2 rings (SSSR count). The molecule has 0 unspecified atom stereocenters. The summed E-state index contributed by atoms with van der Waals surface area (Å²) in [5.74, 6) is -0.0515. The monoisotopic (exact) mass is 462 g/mol. The molecule has 0 radical (unpaired) electrons. The van der Waals surface area contributed by atoms with E-state index in [1.165, 1.54) is 30.5 Å². The van der Waals surface area contributed by atoms with Gasteiger partial charge in [0.05, 0.1) is 18.2 Å². The number of nitrogens with one attached hydrogen (secondary N) is 1. The highest BCUT2D eigenvalue weighted by Gasteiger charge is 2.29. The lowest BCUT2D eigenvalue weighted by Crippen LogP contribution is -2.35. The van der Waals surface area contributed by atoms with Crippen molar-refractivity contribution in [1.29, 1.82) is 0 Å². The molecule has 0 saturated carbocycles. The summed E-state index contributed by atoms with van der Waals surface area (Å²) >= 11 is 3.14. The number of aromatic nitrogens is 2. The van der Waals surface area contributed by atoms with Crippen LogP contribution in [0.25, 0.3) is 0 Å². The van der Waals surface area contributed by atoms with Gasteiger partial charge in [-0.15, -0.1) is 0 Å². The first-order valence-electron chi connectivity index (χ1n) is 7.00. The zero-order valence-electron chi connectivity index (χ0n) is 14.0. The van der Waals surface area contributed by atoms with Gasteiger partial charge < -0.3 is 5.32 Å². The molecule has 140 valence electrons. The van der Waals surface area contributed by atoms with Crippen molar-refractivity contribution in [2.24, 2.45) is 0 Å². The molecule has 0 spiro atoms. The lowest BCUT2D eigenvalue weighted by Gasteiger charge is -2.21. The number of rotatable bonds is 5. The highest BCUT2D eigenvalue weighted by Crippen LogP contribution is 2.32. The van der Waals surface area contributed by atoms with Gasteiger partial charge in [-0.3, -0.25) is 4.79 Å². The van der Waals surface area contributed by atoms with Crippen molar-refractivity contribution in [2.75, 3.05) is 21.5 Å². The fraction of sp³-hybridized carbons (Fsp3) is 0.214. The second-order valence-corrected chi connectivity index (χ2v) is 10.1. The minimum atomic E-state index is -4.07. The lowest BCUT2D eigenvalue weighted by atomic mass is 10.2. The fourth-order valence-electron chi connectivity index (χ4n) is 2.11. The van der Waals surface area contributed by atoms with Crippen molar-refractivity contribution >= 4 is 53.3 Å². The van der Waals surface area contributed by atoms with Gasteiger partial charge in [0.15, 0.2) is 0 Å². The Hall–Kier alpha value is -2.05. The molecule has 0 fully saturated rings. The summed E-state index contributed by atoms with van der Waals surface area (Å²) in [4.78, 5) is 20.1. The second-order valence-electron chi connectivity index (χ2n) is 5.33. The van der Waals surface area contributed by atoms with Gasteiger partial charge in [-0.05, 0) is 47.1 Å². The van der Waals surface area contributed by atoms with Gasteiger partial charge in [0.1, 0.15) is 11.5 Å². The number of hydrogen-bond donors (Lipinski definition) is 1. The van der Waals surface area contributed by atoms with Gasteiger partial charge in [0.2, 0.25) is 20.0 Å². The zero-order chi connectivity index (χ0) is 19.7. The summed E-state index contributed by atoms with van der Waals surface area (Å²) in [6.07, 6.45) is 3.02. The third-order valence-electron chi connectivity index (χ3n) is 3.01. The Morgan fingerprint density at radius 1 is 1.12 bits per heavy atom. The number of sulfonamides is 2. The van der Waals surface area contributed by atoms with Crippen LogP contribution >= 0.6 is 15.9 Å². The van der Waals surface area contributed by atoms with Crippen molar-refractivity contribution in [3.63, 3.8) is 0 Å². The van der Waals surface area contributed by atoms with Crippen molar-refractivity contribution in [2.45, 2.75) is 6.92 Å². The van der Waals surface area contributed by atoms with Gasteiger partial charge >= 0.3 is 0 Å². The van der Waals surface area contributed by atoms with Crippen LogP contribution in [0.15, 0.2) is 34.9 Å². The third kappa shape index (κ3) is 4.77. The number of halogens is 1. The summed E-state index contributed by atoms with van der Waals surface area (Å²) in [5, 5.41) is 2.59. The molecular weight excluding hydrogens is 448 g/mol. The Bertz CT molecular complexity index is 1040. The van der Waals surface area contributed by atoms with Crippen LogP contribution < -0.4 is 9.03 Å². The average molecular weight is 463 g/mol. The van der Waals surface area contributed by atoms with Crippen LogP contribution in [0.4, 0.5) is 11.4 Å². The number of nitrogens with zero attached hydrogens (tertiary/aromatic N) is 3. The van der Waals surface area contributed by atoms with Crippen LogP contribution in [-0.2, 0) is 20.0 Å². The van der Waals surface area contributed by atoms with E-state index in [4.69, 9.17) is 0 Å². The minimum Gasteiger partial charge on any atom is -0.321 e. The van der Waals surface area contributed by atoms with Crippen LogP contribution in [-0.4, -0.2) is 45.2 Å². The first kappa shape index (κ1) is 20.3. The Morgan fingerprint density at radius 3 is 2.23 bits per heavy atom. The van der Waals surface area contributed by atoms with Gasteiger partial charge in [-0.1, -0.05) is 0 Å². The van der Waals surface area contributed by atoms with Crippen molar-refractivity contribution < 1.29 is 21.6 Å². The molecule has 0 aliphatic heterocycles. The number of aryl methyl sites for hydroxylation is 1.